The van der Waals surface area contributed by atoms with Crippen molar-refractivity contribution in [1.29, 1.82) is 0 Å². The lowest BCUT2D eigenvalue weighted by Gasteiger charge is -2.26. The fourth-order valence-electron chi connectivity index (χ4n) is 3.18. The van der Waals surface area contributed by atoms with E-state index in [-0.39, 0.29) is 17.7 Å². The zero-order valence-electron chi connectivity index (χ0n) is 13.7. The highest BCUT2D eigenvalue weighted by Gasteiger charge is 2.37. The summed E-state index contributed by atoms with van der Waals surface area (Å²) >= 11 is 0. The standard InChI is InChI=1S/C17H27N3O2/c1-3-5-6-8-14-15(4-2)20(17(22)16(14)21)11-7-10-19-12-9-18-13-19/h9,12-13,15,21H,3-8,10-11H2,1-2H3. The summed E-state index contributed by atoms with van der Waals surface area (Å²) in [5, 5.41) is 10.2. The molecular weight excluding hydrogens is 278 g/mol. The summed E-state index contributed by atoms with van der Waals surface area (Å²) in [4.78, 5) is 18.2. The van der Waals surface area contributed by atoms with Crippen LogP contribution in [0.2, 0.25) is 0 Å². The van der Waals surface area contributed by atoms with Crippen LogP contribution < -0.4 is 0 Å². The van der Waals surface area contributed by atoms with E-state index in [0.29, 0.717) is 6.54 Å². The summed E-state index contributed by atoms with van der Waals surface area (Å²) in [7, 11) is 0. The van der Waals surface area contributed by atoms with Gasteiger partial charge in [0.25, 0.3) is 5.91 Å². The lowest BCUT2D eigenvalue weighted by molar-refractivity contribution is -0.129. The van der Waals surface area contributed by atoms with Crippen LogP contribution in [0.1, 0.15) is 52.4 Å². The van der Waals surface area contributed by atoms with Crippen LogP contribution in [0.15, 0.2) is 30.1 Å². The van der Waals surface area contributed by atoms with Crippen LogP contribution in [0, 0.1) is 0 Å². The molecule has 1 aromatic rings. The van der Waals surface area contributed by atoms with Gasteiger partial charge in [-0.05, 0) is 31.3 Å². The quantitative estimate of drug-likeness (QED) is 0.712. The van der Waals surface area contributed by atoms with Crippen LogP contribution in [0.25, 0.3) is 0 Å². The van der Waals surface area contributed by atoms with Crippen molar-refractivity contribution in [3.8, 4) is 0 Å². The number of amides is 1. The Kier molecular flexibility index (Phi) is 6.04. The van der Waals surface area contributed by atoms with E-state index in [4.69, 9.17) is 0 Å². The number of nitrogens with zero attached hydrogens (tertiary/aromatic N) is 3. The van der Waals surface area contributed by atoms with Crippen molar-refractivity contribution in [2.24, 2.45) is 0 Å². The van der Waals surface area contributed by atoms with Crippen molar-refractivity contribution in [1.82, 2.24) is 14.5 Å². The molecule has 0 aliphatic carbocycles. The van der Waals surface area contributed by atoms with Crippen molar-refractivity contribution in [2.45, 2.75) is 65.0 Å². The SMILES string of the molecule is CCCCCC1=C(O)C(=O)N(CCCn2ccnc2)C1CC. The Labute approximate surface area is 132 Å². The maximum atomic E-state index is 12.3. The second-order valence-corrected chi connectivity index (χ2v) is 5.91. The van der Waals surface area contributed by atoms with Gasteiger partial charge in [-0.15, -0.1) is 0 Å². The number of aliphatic hydroxyl groups excluding tert-OH is 1. The number of aliphatic hydroxyl groups is 1. The Bertz CT molecular complexity index is 508. The lowest BCUT2D eigenvalue weighted by atomic mass is 9.99. The van der Waals surface area contributed by atoms with Crippen LogP contribution in [0.3, 0.4) is 0 Å². The van der Waals surface area contributed by atoms with Gasteiger partial charge < -0.3 is 14.6 Å². The molecule has 1 aromatic heterocycles. The first-order valence-corrected chi connectivity index (χ1v) is 8.37. The second-order valence-electron chi connectivity index (χ2n) is 5.91. The largest absolute Gasteiger partial charge is 0.503 e. The van der Waals surface area contributed by atoms with Gasteiger partial charge in [0.05, 0.1) is 12.4 Å². The van der Waals surface area contributed by atoms with Gasteiger partial charge in [0, 0.05) is 25.5 Å². The van der Waals surface area contributed by atoms with Crippen molar-refractivity contribution >= 4 is 5.91 Å². The third kappa shape index (κ3) is 3.70. The molecule has 2 rings (SSSR count). The van der Waals surface area contributed by atoms with E-state index in [1.54, 1.807) is 12.5 Å². The highest BCUT2D eigenvalue weighted by Crippen LogP contribution is 2.30. The van der Waals surface area contributed by atoms with Crippen LogP contribution in [-0.4, -0.2) is 38.1 Å². The minimum Gasteiger partial charge on any atom is -0.503 e. The van der Waals surface area contributed by atoms with Gasteiger partial charge in [0.15, 0.2) is 5.76 Å². The minimum absolute atomic E-state index is 0.00517. The van der Waals surface area contributed by atoms with Crippen LogP contribution in [-0.2, 0) is 11.3 Å². The van der Waals surface area contributed by atoms with Gasteiger partial charge in [-0.2, -0.15) is 0 Å². The van der Waals surface area contributed by atoms with E-state index in [1.807, 2.05) is 15.7 Å². The molecule has 1 atom stereocenters. The number of aromatic nitrogens is 2. The number of hydrogen-bond acceptors (Lipinski definition) is 3. The van der Waals surface area contributed by atoms with Crippen molar-refractivity contribution in [3.05, 3.63) is 30.1 Å². The predicted molar refractivity (Wildman–Crippen MR) is 86.4 cm³/mol. The molecule has 0 saturated heterocycles. The van der Waals surface area contributed by atoms with E-state index in [2.05, 4.69) is 18.8 Å². The topological polar surface area (TPSA) is 58.4 Å². The summed E-state index contributed by atoms with van der Waals surface area (Å²) in [5.41, 5.74) is 0.948. The van der Waals surface area contributed by atoms with Crippen LogP contribution in [0.4, 0.5) is 0 Å². The third-order valence-electron chi connectivity index (χ3n) is 4.36. The molecule has 0 fully saturated rings. The van der Waals surface area contributed by atoms with Crippen molar-refractivity contribution in [3.63, 3.8) is 0 Å². The number of carbonyl (C=O) groups excluding carboxylic acids is 1. The van der Waals surface area contributed by atoms with E-state index < -0.39 is 0 Å². The zero-order chi connectivity index (χ0) is 15.9. The molecule has 22 heavy (non-hydrogen) atoms. The third-order valence-corrected chi connectivity index (χ3v) is 4.36. The number of unbranched alkanes of at least 4 members (excludes halogenated alkanes) is 2. The average molecular weight is 305 g/mol. The summed E-state index contributed by atoms with van der Waals surface area (Å²) in [6.45, 7) is 5.76. The van der Waals surface area contributed by atoms with Gasteiger partial charge in [0.2, 0.25) is 0 Å². The van der Waals surface area contributed by atoms with E-state index in [0.717, 1.165) is 50.6 Å². The highest BCUT2D eigenvalue weighted by atomic mass is 16.3. The molecule has 1 unspecified atom stereocenters. The summed E-state index contributed by atoms with van der Waals surface area (Å²) in [5.74, 6) is -0.186. The Balaban J connectivity index is 1.92. The molecule has 1 aliphatic heterocycles. The molecule has 1 N–H and O–H groups in total. The van der Waals surface area contributed by atoms with E-state index in [9.17, 15) is 9.90 Å². The van der Waals surface area contributed by atoms with Gasteiger partial charge >= 0.3 is 0 Å². The molecule has 1 aliphatic rings. The van der Waals surface area contributed by atoms with Crippen molar-refractivity contribution < 1.29 is 9.90 Å². The fraction of sp³-hybridized carbons (Fsp3) is 0.647. The minimum atomic E-state index is -0.191. The molecule has 0 radical (unpaired) electrons. The first-order chi connectivity index (χ1) is 10.7. The fourth-order valence-corrected chi connectivity index (χ4v) is 3.18. The highest BCUT2D eigenvalue weighted by molar-refractivity contribution is 5.95. The van der Waals surface area contributed by atoms with Gasteiger partial charge in [0.1, 0.15) is 0 Å². The normalized spacial score (nSPS) is 18.5. The predicted octanol–water partition coefficient (Wildman–Crippen LogP) is 3.29. The molecule has 0 spiro atoms. The maximum absolute atomic E-state index is 12.3. The lowest BCUT2D eigenvalue weighted by Crippen LogP contribution is -2.36. The zero-order valence-corrected chi connectivity index (χ0v) is 13.7. The van der Waals surface area contributed by atoms with Crippen LogP contribution >= 0.6 is 0 Å². The molecular formula is C17H27N3O2. The maximum Gasteiger partial charge on any atom is 0.289 e. The Morgan fingerprint density at radius 3 is 2.68 bits per heavy atom. The molecule has 5 nitrogen and oxygen atoms in total. The first kappa shape index (κ1) is 16.6. The van der Waals surface area contributed by atoms with Gasteiger partial charge in [-0.25, -0.2) is 4.98 Å². The molecule has 5 heteroatoms. The van der Waals surface area contributed by atoms with Gasteiger partial charge in [-0.1, -0.05) is 26.7 Å². The molecule has 0 aromatic carbocycles. The average Bonchev–Trinajstić information content (AvgIpc) is 3.11. The number of rotatable bonds is 9. The Morgan fingerprint density at radius 2 is 2.05 bits per heavy atom. The van der Waals surface area contributed by atoms with Crippen molar-refractivity contribution in [2.75, 3.05) is 6.54 Å². The summed E-state index contributed by atoms with van der Waals surface area (Å²) < 4.78 is 2.01. The summed E-state index contributed by atoms with van der Waals surface area (Å²) in [6, 6.07) is 0.0761. The molecule has 2 heterocycles. The molecule has 0 bridgehead atoms. The Hall–Kier alpha value is -1.78. The first-order valence-electron chi connectivity index (χ1n) is 8.37. The van der Waals surface area contributed by atoms with E-state index >= 15 is 0 Å². The molecule has 0 saturated carbocycles. The number of carbonyl (C=O) groups is 1. The number of hydrogen-bond donors (Lipinski definition) is 1. The number of imidazole rings is 1. The second kappa shape index (κ2) is 8.01. The van der Waals surface area contributed by atoms with Gasteiger partial charge in [-0.3, -0.25) is 4.79 Å². The number of aryl methyl sites for hydroxylation is 1. The molecule has 122 valence electrons. The summed E-state index contributed by atoms with van der Waals surface area (Å²) in [6.07, 6.45) is 11.4. The van der Waals surface area contributed by atoms with Crippen LogP contribution in [0.5, 0.6) is 0 Å². The van der Waals surface area contributed by atoms with E-state index in [1.165, 1.54) is 0 Å². The molecule has 1 amide bonds. The Morgan fingerprint density at radius 1 is 1.23 bits per heavy atom. The monoisotopic (exact) mass is 305 g/mol. The smallest absolute Gasteiger partial charge is 0.289 e.